The molecule has 292 valence electrons. The first kappa shape index (κ1) is 36.8. The molecule has 1 aromatic heterocycles. The average molecular weight is 792 g/mol. The molecule has 2 aliphatic carbocycles. The SMILES string of the molecule is CC(C)(C)c1ccc2c(c1)C(C)(C)c1ccc(-c3ccc(N(c4ccc(-c5cccc6sc7ccccc7c56)cc4)c4ccc5c(c4)C(C)(C)c4ccccc4-5)cc3)cc1-2. The molecule has 0 aliphatic heterocycles. The summed E-state index contributed by atoms with van der Waals surface area (Å²) in [6.45, 7) is 16.4. The zero-order valence-electron chi connectivity index (χ0n) is 35.5. The van der Waals surface area contributed by atoms with Gasteiger partial charge >= 0.3 is 0 Å². The Morgan fingerprint density at radius 1 is 0.400 bits per heavy atom. The first-order chi connectivity index (χ1) is 28.9. The molecule has 0 radical (unpaired) electrons. The van der Waals surface area contributed by atoms with E-state index in [2.05, 4.69) is 223 Å². The van der Waals surface area contributed by atoms with E-state index in [0.717, 1.165) is 17.1 Å². The highest BCUT2D eigenvalue weighted by Crippen LogP contribution is 2.53. The van der Waals surface area contributed by atoms with Crippen molar-refractivity contribution in [2.24, 2.45) is 0 Å². The number of hydrogen-bond donors (Lipinski definition) is 0. The molecule has 0 fully saturated rings. The maximum absolute atomic E-state index is 2.45. The van der Waals surface area contributed by atoms with Gasteiger partial charge in [-0.1, -0.05) is 164 Å². The van der Waals surface area contributed by atoms with Crippen LogP contribution in [0.3, 0.4) is 0 Å². The third kappa shape index (κ3) is 5.57. The molecule has 0 bridgehead atoms. The minimum absolute atomic E-state index is 0.0415. The van der Waals surface area contributed by atoms with E-state index < -0.39 is 0 Å². The summed E-state index contributed by atoms with van der Waals surface area (Å²) in [5.74, 6) is 0. The maximum atomic E-state index is 2.45. The van der Waals surface area contributed by atoms with Gasteiger partial charge in [0.2, 0.25) is 0 Å². The number of hydrogen-bond acceptors (Lipinski definition) is 2. The second kappa shape index (κ2) is 13.1. The van der Waals surface area contributed by atoms with Crippen molar-refractivity contribution < 1.29 is 0 Å². The molecule has 0 saturated heterocycles. The van der Waals surface area contributed by atoms with Crippen LogP contribution in [-0.4, -0.2) is 0 Å². The van der Waals surface area contributed by atoms with Crippen LogP contribution in [0.1, 0.15) is 76.3 Å². The van der Waals surface area contributed by atoms with Crippen LogP contribution in [0.25, 0.3) is 64.7 Å². The van der Waals surface area contributed by atoms with Gasteiger partial charge < -0.3 is 4.90 Å². The largest absolute Gasteiger partial charge is 0.310 e. The van der Waals surface area contributed by atoms with Gasteiger partial charge in [0.25, 0.3) is 0 Å². The molecule has 1 heterocycles. The molecule has 0 atom stereocenters. The molecule has 60 heavy (non-hydrogen) atoms. The minimum Gasteiger partial charge on any atom is -0.310 e. The lowest BCUT2D eigenvalue weighted by atomic mass is 9.79. The van der Waals surface area contributed by atoms with E-state index in [9.17, 15) is 0 Å². The van der Waals surface area contributed by atoms with Gasteiger partial charge in [-0.2, -0.15) is 0 Å². The summed E-state index contributed by atoms with van der Waals surface area (Å²) in [4.78, 5) is 2.43. The summed E-state index contributed by atoms with van der Waals surface area (Å²) < 4.78 is 2.66. The molecule has 2 heteroatoms. The predicted molar refractivity (Wildman–Crippen MR) is 259 cm³/mol. The zero-order chi connectivity index (χ0) is 41.1. The highest BCUT2D eigenvalue weighted by atomic mass is 32.1. The first-order valence-electron chi connectivity index (χ1n) is 21.3. The molecule has 0 N–H and O–H groups in total. The second-order valence-corrected chi connectivity index (χ2v) is 20.1. The highest BCUT2D eigenvalue weighted by molar-refractivity contribution is 7.25. The Morgan fingerprint density at radius 2 is 0.950 bits per heavy atom. The van der Waals surface area contributed by atoms with Gasteiger partial charge in [0, 0.05) is 48.1 Å². The molecule has 0 unspecified atom stereocenters. The number of rotatable bonds is 5. The monoisotopic (exact) mass is 791 g/mol. The Morgan fingerprint density at radius 3 is 1.70 bits per heavy atom. The van der Waals surface area contributed by atoms with Crippen LogP contribution >= 0.6 is 11.3 Å². The highest BCUT2D eigenvalue weighted by Gasteiger charge is 2.37. The molecule has 0 saturated carbocycles. The van der Waals surface area contributed by atoms with E-state index in [1.54, 1.807) is 0 Å². The van der Waals surface area contributed by atoms with E-state index in [1.807, 2.05) is 11.3 Å². The minimum atomic E-state index is -0.0988. The Kier molecular flexibility index (Phi) is 8.07. The summed E-state index contributed by atoms with van der Waals surface area (Å²) in [6, 6.07) is 64.2. The molecule has 9 aromatic rings. The summed E-state index contributed by atoms with van der Waals surface area (Å²) in [5, 5.41) is 2.67. The molecule has 8 aromatic carbocycles. The van der Waals surface area contributed by atoms with Gasteiger partial charge in [0.15, 0.2) is 0 Å². The van der Waals surface area contributed by atoms with Gasteiger partial charge in [0.1, 0.15) is 0 Å². The van der Waals surface area contributed by atoms with Crippen molar-refractivity contribution in [3.63, 3.8) is 0 Å². The Labute approximate surface area is 358 Å². The molecular formula is C58H49NS. The Hall–Kier alpha value is -6.22. The lowest BCUT2D eigenvalue weighted by molar-refractivity contribution is 0.584. The molecular weight excluding hydrogens is 743 g/mol. The average Bonchev–Trinajstić information content (AvgIpc) is 3.83. The van der Waals surface area contributed by atoms with Crippen LogP contribution in [0, 0.1) is 0 Å². The summed E-state index contributed by atoms with van der Waals surface area (Å²) in [7, 11) is 0. The van der Waals surface area contributed by atoms with Crippen LogP contribution in [0.15, 0.2) is 170 Å². The second-order valence-electron chi connectivity index (χ2n) is 19.0. The lowest BCUT2D eigenvalue weighted by Crippen LogP contribution is -2.17. The first-order valence-corrected chi connectivity index (χ1v) is 22.2. The van der Waals surface area contributed by atoms with Crippen LogP contribution < -0.4 is 4.90 Å². The van der Waals surface area contributed by atoms with Gasteiger partial charge in [-0.15, -0.1) is 11.3 Å². The van der Waals surface area contributed by atoms with Crippen LogP contribution in [0.2, 0.25) is 0 Å². The maximum Gasteiger partial charge on any atom is 0.0465 e. The van der Waals surface area contributed by atoms with E-state index in [4.69, 9.17) is 0 Å². The molecule has 1 nitrogen and oxygen atoms in total. The van der Waals surface area contributed by atoms with E-state index in [0.29, 0.717) is 0 Å². The number of thiophene rings is 1. The number of nitrogens with zero attached hydrogens (tertiary/aromatic N) is 1. The number of fused-ring (bicyclic) bond motifs is 9. The molecule has 2 aliphatic rings. The van der Waals surface area contributed by atoms with Crippen LogP contribution in [0.4, 0.5) is 17.1 Å². The van der Waals surface area contributed by atoms with Gasteiger partial charge in [0.05, 0.1) is 0 Å². The summed E-state index contributed by atoms with van der Waals surface area (Å²) >= 11 is 1.87. The molecule has 0 amide bonds. The summed E-state index contributed by atoms with van der Waals surface area (Å²) in [6.07, 6.45) is 0. The van der Waals surface area contributed by atoms with E-state index >= 15 is 0 Å². The fourth-order valence-electron chi connectivity index (χ4n) is 10.3. The van der Waals surface area contributed by atoms with Gasteiger partial charge in [-0.05, 0) is 132 Å². The third-order valence-corrected chi connectivity index (χ3v) is 14.8. The van der Waals surface area contributed by atoms with E-state index in [1.165, 1.54) is 92.5 Å². The number of benzene rings is 8. The number of anilines is 3. The Bertz CT molecular complexity index is 3170. The van der Waals surface area contributed by atoms with Crippen LogP contribution in [0.5, 0.6) is 0 Å². The van der Waals surface area contributed by atoms with Gasteiger partial charge in [-0.25, -0.2) is 0 Å². The smallest absolute Gasteiger partial charge is 0.0465 e. The van der Waals surface area contributed by atoms with Crippen molar-refractivity contribution in [3.05, 3.63) is 198 Å². The fraction of sp³-hybridized carbons (Fsp3) is 0.172. The zero-order valence-corrected chi connectivity index (χ0v) is 36.3. The van der Waals surface area contributed by atoms with Crippen molar-refractivity contribution in [1.82, 2.24) is 0 Å². The Balaban J connectivity index is 1.00. The van der Waals surface area contributed by atoms with Crippen molar-refractivity contribution >= 4 is 48.6 Å². The lowest BCUT2D eigenvalue weighted by Gasteiger charge is -2.28. The fourth-order valence-corrected chi connectivity index (χ4v) is 11.4. The van der Waals surface area contributed by atoms with Crippen molar-refractivity contribution in [2.45, 2.75) is 64.7 Å². The van der Waals surface area contributed by atoms with E-state index in [-0.39, 0.29) is 16.2 Å². The predicted octanol–water partition coefficient (Wildman–Crippen LogP) is 16.8. The normalized spacial score (nSPS) is 14.5. The molecule has 11 rings (SSSR count). The molecule has 0 spiro atoms. The summed E-state index contributed by atoms with van der Waals surface area (Å²) in [5.41, 5.74) is 20.7. The van der Waals surface area contributed by atoms with Gasteiger partial charge in [-0.3, -0.25) is 0 Å². The van der Waals surface area contributed by atoms with Crippen molar-refractivity contribution in [3.8, 4) is 44.5 Å². The topological polar surface area (TPSA) is 3.24 Å². The van der Waals surface area contributed by atoms with Crippen molar-refractivity contribution in [2.75, 3.05) is 4.90 Å². The third-order valence-electron chi connectivity index (χ3n) is 13.7. The standard InChI is InChI=1S/C58H49NS/c1-56(2,3)39-24-30-46-48-33-38(23-32-50(48)58(6,7)51(46)34-39)36-19-25-40(26-20-36)59(42-29-31-45-44-13-8-10-16-49(44)57(4,5)52(45)35-42)41-27-21-37(22-28-41)43-15-12-18-54-55(43)47-14-9-11-17-53(47)60-54/h8-35H,1-7H3. The van der Waals surface area contributed by atoms with Crippen molar-refractivity contribution in [1.29, 1.82) is 0 Å². The van der Waals surface area contributed by atoms with Crippen LogP contribution in [-0.2, 0) is 16.2 Å². The quantitative estimate of drug-likeness (QED) is 0.168.